The lowest BCUT2D eigenvalue weighted by Gasteiger charge is -1.99. The van der Waals surface area contributed by atoms with Gasteiger partial charge in [-0.25, -0.2) is 0 Å². The Morgan fingerprint density at radius 3 is 3.18 bits per heavy atom. The molecule has 1 N–H and O–H groups in total. The average Bonchev–Trinajstić information content (AvgIpc) is 2.58. The molecule has 11 heavy (non-hydrogen) atoms. The molecule has 1 aliphatic heterocycles. The second-order valence-electron chi connectivity index (χ2n) is 2.39. The highest BCUT2D eigenvalue weighted by Crippen LogP contribution is 2.25. The molecule has 0 amide bonds. The second kappa shape index (κ2) is 3.15. The molecular weight excluding hydrogens is 156 g/mol. The van der Waals surface area contributed by atoms with Crippen LogP contribution in [0.4, 0.5) is 0 Å². The zero-order valence-corrected chi connectivity index (χ0v) is 6.97. The number of hydrogen-bond acceptors (Lipinski definition) is 2. The van der Waals surface area contributed by atoms with Crippen molar-refractivity contribution in [1.82, 2.24) is 10.3 Å². The van der Waals surface area contributed by atoms with Crippen LogP contribution >= 0.6 is 10.5 Å². The quantitative estimate of drug-likeness (QED) is 0.631. The molecule has 58 valence electrons. The van der Waals surface area contributed by atoms with E-state index in [1.165, 1.54) is 10.6 Å². The van der Waals surface area contributed by atoms with E-state index in [1.54, 1.807) is 0 Å². The average molecular weight is 166 g/mol. The van der Waals surface area contributed by atoms with E-state index in [2.05, 4.69) is 21.9 Å². The maximum atomic E-state index is 4.09. The van der Waals surface area contributed by atoms with Gasteiger partial charge in [0.05, 0.1) is 0 Å². The topological polar surface area (TPSA) is 24.9 Å². The predicted molar refractivity (Wildman–Crippen MR) is 49.0 cm³/mol. The van der Waals surface area contributed by atoms with Crippen molar-refractivity contribution in [3.05, 3.63) is 24.5 Å². The number of nitrogens with zero attached hydrogens (tertiary/aromatic N) is 1. The molecule has 0 aliphatic carbocycles. The predicted octanol–water partition coefficient (Wildman–Crippen LogP) is 1.07. The van der Waals surface area contributed by atoms with Gasteiger partial charge in [-0.15, -0.1) is 10.5 Å². The zero-order chi connectivity index (χ0) is 7.52. The molecule has 3 heteroatoms. The van der Waals surface area contributed by atoms with Gasteiger partial charge in [-0.05, 0) is 12.1 Å². The normalized spacial score (nSPS) is 23.1. The first-order valence-corrected chi connectivity index (χ1v) is 5.09. The molecule has 0 fully saturated rings. The minimum absolute atomic E-state index is 0.311. The van der Waals surface area contributed by atoms with E-state index in [9.17, 15) is 0 Å². The monoisotopic (exact) mass is 166 g/mol. The van der Waals surface area contributed by atoms with Gasteiger partial charge in [0.1, 0.15) is 0 Å². The van der Waals surface area contributed by atoms with Gasteiger partial charge in [-0.3, -0.25) is 10.3 Å². The van der Waals surface area contributed by atoms with Gasteiger partial charge in [0, 0.05) is 35.1 Å². The summed E-state index contributed by atoms with van der Waals surface area (Å²) in [4.78, 5) is 5.43. The summed E-state index contributed by atoms with van der Waals surface area (Å²) >= 11 is 0. The molecule has 1 unspecified atom stereocenters. The Morgan fingerprint density at radius 2 is 2.55 bits per heavy atom. The second-order valence-corrected chi connectivity index (χ2v) is 4.37. The minimum Gasteiger partial charge on any atom is -0.289 e. The molecule has 2 rings (SSSR count). The summed E-state index contributed by atoms with van der Waals surface area (Å²) < 4.78 is 0. The fourth-order valence-electron chi connectivity index (χ4n) is 1.08. The van der Waals surface area contributed by atoms with Gasteiger partial charge in [-0.1, -0.05) is 0 Å². The standard InChI is InChI=1S/C8H10N2S/c1-2-8(6-9-3-1)11-5-4-10-7-11/h1-3,6-7,10H,4-5H2. The van der Waals surface area contributed by atoms with Crippen molar-refractivity contribution in [3.8, 4) is 0 Å². The molecule has 2 nitrogen and oxygen atoms in total. The molecule has 0 spiro atoms. The third-order valence-corrected chi connectivity index (χ3v) is 3.57. The summed E-state index contributed by atoms with van der Waals surface area (Å²) in [5, 5.41) is 3.23. The summed E-state index contributed by atoms with van der Waals surface area (Å²) in [5.41, 5.74) is 2.18. The summed E-state index contributed by atoms with van der Waals surface area (Å²) in [6, 6.07) is 4.13. The molecule has 1 aliphatic rings. The van der Waals surface area contributed by atoms with E-state index in [-0.39, 0.29) is 0 Å². The first kappa shape index (κ1) is 7.00. The van der Waals surface area contributed by atoms with E-state index in [4.69, 9.17) is 0 Å². The summed E-state index contributed by atoms with van der Waals surface area (Å²) in [5.74, 6) is 1.23. The molecule has 0 radical (unpaired) electrons. The van der Waals surface area contributed by atoms with Crippen molar-refractivity contribution < 1.29 is 0 Å². The van der Waals surface area contributed by atoms with Gasteiger partial charge in [0.25, 0.3) is 0 Å². The van der Waals surface area contributed by atoms with Crippen LogP contribution in [-0.2, 0) is 0 Å². The maximum Gasteiger partial charge on any atom is 0.0399 e. The minimum atomic E-state index is 0.311. The smallest absolute Gasteiger partial charge is 0.0399 e. The summed E-state index contributed by atoms with van der Waals surface area (Å²) in [7, 11) is 0.311. The SMILES string of the molecule is C1=S(c2cccnc2)CCN1. The molecule has 0 saturated carbocycles. The van der Waals surface area contributed by atoms with Crippen molar-refractivity contribution >= 4 is 16.0 Å². The fraction of sp³-hybridized carbons (Fsp3) is 0.250. The van der Waals surface area contributed by atoms with Crippen LogP contribution in [0, 0.1) is 0 Å². The highest BCUT2D eigenvalue weighted by Gasteiger charge is 2.03. The Balaban J connectivity index is 2.29. The molecule has 1 aromatic rings. The Bertz CT molecular complexity index is 269. The third-order valence-electron chi connectivity index (χ3n) is 1.63. The van der Waals surface area contributed by atoms with Crippen LogP contribution in [0.25, 0.3) is 0 Å². The largest absolute Gasteiger partial charge is 0.289 e. The van der Waals surface area contributed by atoms with Crippen molar-refractivity contribution in [2.45, 2.75) is 4.90 Å². The summed E-state index contributed by atoms with van der Waals surface area (Å²) in [6.07, 6.45) is 3.77. The Kier molecular flexibility index (Phi) is 2.01. The van der Waals surface area contributed by atoms with Gasteiger partial charge in [0.15, 0.2) is 0 Å². The lowest BCUT2D eigenvalue weighted by atomic mass is 10.5. The van der Waals surface area contributed by atoms with E-state index in [0.717, 1.165) is 6.54 Å². The van der Waals surface area contributed by atoms with Crippen molar-refractivity contribution in [2.75, 3.05) is 12.3 Å². The molecule has 1 aromatic heterocycles. The van der Waals surface area contributed by atoms with Crippen LogP contribution in [0.2, 0.25) is 0 Å². The van der Waals surface area contributed by atoms with E-state index < -0.39 is 0 Å². The van der Waals surface area contributed by atoms with Crippen molar-refractivity contribution in [3.63, 3.8) is 0 Å². The van der Waals surface area contributed by atoms with Crippen LogP contribution in [0.5, 0.6) is 0 Å². The van der Waals surface area contributed by atoms with E-state index in [1.807, 2.05) is 18.5 Å². The van der Waals surface area contributed by atoms with Gasteiger partial charge in [0.2, 0.25) is 0 Å². The van der Waals surface area contributed by atoms with Crippen LogP contribution in [0.1, 0.15) is 0 Å². The third kappa shape index (κ3) is 1.49. The highest BCUT2D eigenvalue weighted by atomic mass is 32.2. The van der Waals surface area contributed by atoms with Gasteiger partial charge < -0.3 is 0 Å². The molecule has 0 bridgehead atoms. The molecule has 1 atom stereocenters. The highest BCUT2D eigenvalue weighted by molar-refractivity contribution is 8.15. The maximum absolute atomic E-state index is 4.09. The number of pyridine rings is 1. The Morgan fingerprint density at radius 1 is 1.55 bits per heavy atom. The van der Waals surface area contributed by atoms with Crippen molar-refractivity contribution in [1.29, 1.82) is 0 Å². The van der Waals surface area contributed by atoms with Gasteiger partial charge >= 0.3 is 0 Å². The van der Waals surface area contributed by atoms with E-state index in [0.29, 0.717) is 10.5 Å². The van der Waals surface area contributed by atoms with E-state index >= 15 is 0 Å². The number of nitrogens with one attached hydrogen (secondary N) is 1. The first-order valence-electron chi connectivity index (χ1n) is 3.63. The molecular formula is C8H10N2S. The van der Waals surface area contributed by atoms with Crippen LogP contribution in [0.3, 0.4) is 0 Å². The summed E-state index contributed by atoms with van der Waals surface area (Å²) in [6.45, 7) is 1.11. The van der Waals surface area contributed by atoms with Gasteiger partial charge in [-0.2, -0.15) is 0 Å². The fourth-order valence-corrected chi connectivity index (χ4v) is 2.67. The van der Waals surface area contributed by atoms with Crippen LogP contribution in [0.15, 0.2) is 29.4 Å². The molecule has 0 saturated heterocycles. The zero-order valence-electron chi connectivity index (χ0n) is 6.16. The lowest BCUT2D eigenvalue weighted by Crippen LogP contribution is -2.04. The Labute approximate surface area is 68.6 Å². The van der Waals surface area contributed by atoms with Crippen molar-refractivity contribution in [2.24, 2.45) is 0 Å². The number of hydrogen-bond donors (Lipinski definition) is 1. The number of rotatable bonds is 1. The number of aromatic nitrogens is 1. The van der Waals surface area contributed by atoms with Crippen LogP contribution < -0.4 is 5.32 Å². The lowest BCUT2D eigenvalue weighted by molar-refractivity contribution is 1.03. The Hall–Kier alpha value is -0.670. The van der Waals surface area contributed by atoms with Crippen LogP contribution in [-0.4, -0.2) is 22.8 Å². The molecule has 0 aromatic carbocycles. The first-order chi connectivity index (χ1) is 5.47. The molecule has 2 heterocycles.